The topological polar surface area (TPSA) is 0 Å². The first-order valence-electron chi connectivity index (χ1n) is 26.7. The van der Waals surface area contributed by atoms with Crippen LogP contribution >= 0.6 is 0 Å². The molecule has 0 heterocycles. The summed E-state index contributed by atoms with van der Waals surface area (Å²) in [4.78, 5) is 0. The second-order valence-corrected chi connectivity index (χ2v) is 29.1. The highest BCUT2D eigenvalue weighted by molar-refractivity contribution is 5.16. The van der Waals surface area contributed by atoms with E-state index in [0.29, 0.717) is 21.7 Å². The maximum Gasteiger partial charge on any atom is -0.0318 e. The molecule has 16 aliphatic rings. The average Bonchev–Trinajstić information content (AvgIpc) is 3.98. The minimum absolute atomic E-state index is 0.705. The third kappa shape index (κ3) is 4.90. The predicted molar refractivity (Wildman–Crippen MR) is 231 cm³/mol. The predicted octanol–water partition coefficient (Wildman–Crippen LogP) is 14.9. The Morgan fingerprint density at radius 1 is 0.214 bits per heavy atom. The van der Waals surface area contributed by atoms with Gasteiger partial charge in [-0.15, -0.1) is 0 Å². The molecular formula is C56H88. The first-order valence-corrected chi connectivity index (χ1v) is 26.7. The van der Waals surface area contributed by atoms with Crippen molar-refractivity contribution < 1.29 is 0 Å². The fraction of sp³-hybridized carbons (Fsp3) is 1.00. The van der Waals surface area contributed by atoms with E-state index in [4.69, 9.17) is 0 Å². The van der Waals surface area contributed by atoms with E-state index in [1.165, 1.54) is 94.7 Å². The Morgan fingerprint density at radius 2 is 0.393 bits per heavy atom. The SMILES string of the molecule is CC1(C)CC2CC1C1C3CCC(C3)C21.CC1(C)CC2CC1C1C3CCC(C3)C21.CC1(C)CC2CC1C1C3CCC(C3)C21.CC1(C)CC2CC1C1C3CCC(C3)C21. The maximum absolute atomic E-state index is 2.54. The van der Waals surface area contributed by atoms with Gasteiger partial charge < -0.3 is 0 Å². The summed E-state index contributed by atoms with van der Waals surface area (Å²) in [5.74, 6) is 28.0. The highest BCUT2D eigenvalue weighted by Crippen LogP contribution is 2.75. The fourth-order valence-electron chi connectivity index (χ4n) is 24.8. The van der Waals surface area contributed by atoms with Crippen molar-refractivity contribution in [3.63, 3.8) is 0 Å². The van der Waals surface area contributed by atoms with Crippen LogP contribution in [0, 0.1) is 164 Å². The minimum atomic E-state index is 0.705. The minimum Gasteiger partial charge on any atom is -0.0596 e. The molecule has 16 bridgehead atoms. The van der Waals surface area contributed by atoms with E-state index in [1.54, 1.807) is 128 Å². The lowest BCUT2D eigenvalue weighted by atomic mass is 9.62. The van der Waals surface area contributed by atoms with Crippen LogP contribution in [0.25, 0.3) is 0 Å². The summed E-state index contributed by atoms with van der Waals surface area (Å²) in [5, 5.41) is 0. The van der Waals surface area contributed by atoms with E-state index < -0.39 is 0 Å². The lowest BCUT2D eigenvalue weighted by Crippen LogP contribution is -2.36. The second-order valence-electron chi connectivity index (χ2n) is 29.1. The molecule has 0 aromatic carbocycles. The molecule has 0 aromatic rings. The molecule has 24 unspecified atom stereocenters. The van der Waals surface area contributed by atoms with Gasteiger partial charge in [0.05, 0.1) is 0 Å². The zero-order chi connectivity index (χ0) is 38.0. The van der Waals surface area contributed by atoms with E-state index in [9.17, 15) is 0 Å². The van der Waals surface area contributed by atoms with Gasteiger partial charge in [-0.2, -0.15) is 0 Å². The summed E-state index contributed by atoms with van der Waals surface area (Å²) in [6.45, 7) is 20.3. The van der Waals surface area contributed by atoms with Crippen molar-refractivity contribution in [3.05, 3.63) is 0 Å². The summed E-state index contributed by atoms with van der Waals surface area (Å²) in [5.41, 5.74) is 2.82. The van der Waals surface area contributed by atoms with Crippen LogP contribution in [0.2, 0.25) is 0 Å². The van der Waals surface area contributed by atoms with E-state index >= 15 is 0 Å². The number of fused-ring (bicyclic) bond motifs is 36. The van der Waals surface area contributed by atoms with Crippen LogP contribution in [-0.4, -0.2) is 0 Å². The largest absolute Gasteiger partial charge is 0.0596 e. The first-order chi connectivity index (χ1) is 26.7. The molecule has 56 heavy (non-hydrogen) atoms. The van der Waals surface area contributed by atoms with Crippen molar-refractivity contribution in [2.45, 2.75) is 184 Å². The molecule has 16 fully saturated rings. The maximum atomic E-state index is 2.54. The average molecular weight is 761 g/mol. The summed E-state index contributed by atoms with van der Waals surface area (Å²) in [6, 6.07) is 0. The Balaban J connectivity index is 0.0000000786. The van der Waals surface area contributed by atoms with Gasteiger partial charge >= 0.3 is 0 Å². The smallest absolute Gasteiger partial charge is 0.0318 e. The lowest BCUT2D eigenvalue weighted by Gasteiger charge is -2.43. The molecule has 0 saturated heterocycles. The summed E-state index contributed by atoms with van der Waals surface area (Å²) >= 11 is 0. The van der Waals surface area contributed by atoms with Crippen LogP contribution in [0.1, 0.15) is 184 Å². The van der Waals surface area contributed by atoms with Gasteiger partial charge in [0.1, 0.15) is 0 Å². The lowest BCUT2D eigenvalue weighted by molar-refractivity contribution is 0.0583. The molecule has 16 rings (SSSR count). The van der Waals surface area contributed by atoms with Crippen molar-refractivity contribution >= 4 is 0 Å². The molecule has 0 heteroatoms. The summed E-state index contributed by atoms with van der Waals surface area (Å²) in [7, 11) is 0. The van der Waals surface area contributed by atoms with E-state index in [1.807, 2.05) is 0 Å². The Kier molecular flexibility index (Phi) is 7.80. The molecule has 16 saturated carbocycles. The molecule has 0 amide bonds. The zero-order valence-corrected chi connectivity index (χ0v) is 38.0. The first kappa shape index (κ1) is 36.6. The zero-order valence-electron chi connectivity index (χ0n) is 38.0. The van der Waals surface area contributed by atoms with Crippen molar-refractivity contribution in [2.24, 2.45) is 164 Å². The van der Waals surface area contributed by atoms with E-state index in [2.05, 4.69) is 55.4 Å². The van der Waals surface area contributed by atoms with Gasteiger partial charge in [0.25, 0.3) is 0 Å². The summed E-state index contributed by atoms with van der Waals surface area (Å²) in [6.07, 6.45) is 31.9. The molecule has 0 N–H and O–H groups in total. The second kappa shape index (κ2) is 11.9. The van der Waals surface area contributed by atoms with Crippen LogP contribution in [0.3, 0.4) is 0 Å². The molecule has 16 aliphatic carbocycles. The van der Waals surface area contributed by atoms with Gasteiger partial charge in [0.2, 0.25) is 0 Å². The van der Waals surface area contributed by atoms with Crippen LogP contribution in [0.5, 0.6) is 0 Å². The number of hydrogen-bond acceptors (Lipinski definition) is 0. The van der Waals surface area contributed by atoms with Gasteiger partial charge in [-0.05, 0) is 292 Å². The third-order valence-corrected chi connectivity index (χ3v) is 25.6. The fourth-order valence-corrected chi connectivity index (χ4v) is 24.8. The van der Waals surface area contributed by atoms with Gasteiger partial charge in [-0.3, -0.25) is 0 Å². The highest BCUT2D eigenvalue weighted by atomic mass is 14.7. The van der Waals surface area contributed by atoms with E-state index in [0.717, 1.165) is 47.3 Å². The monoisotopic (exact) mass is 761 g/mol. The van der Waals surface area contributed by atoms with Crippen LogP contribution in [0.15, 0.2) is 0 Å². The van der Waals surface area contributed by atoms with Crippen LogP contribution in [-0.2, 0) is 0 Å². The normalized spacial score (nSPS) is 62.1. The van der Waals surface area contributed by atoms with Crippen LogP contribution in [0.4, 0.5) is 0 Å². The van der Waals surface area contributed by atoms with Crippen LogP contribution < -0.4 is 0 Å². The van der Waals surface area contributed by atoms with Gasteiger partial charge in [-0.25, -0.2) is 0 Å². The van der Waals surface area contributed by atoms with Gasteiger partial charge in [0, 0.05) is 0 Å². The van der Waals surface area contributed by atoms with Crippen molar-refractivity contribution in [1.82, 2.24) is 0 Å². The third-order valence-electron chi connectivity index (χ3n) is 25.6. The number of rotatable bonds is 0. The Morgan fingerprint density at radius 3 is 0.589 bits per heavy atom. The highest BCUT2D eigenvalue weighted by Gasteiger charge is 2.67. The van der Waals surface area contributed by atoms with Gasteiger partial charge in [0.15, 0.2) is 0 Å². The van der Waals surface area contributed by atoms with Crippen molar-refractivity contribution in [3.8, 4) is 0 Å². The molecule has 0 radical (unpaired) electrons. The Bertz CT molecular complexity index is 1340. The summed E-state index contributed by atoms with van der Waals surface area (Å²) < 4.78 is 0. The standard InChI is InChI=1S/4C14H22/c4*1-14(2)7-10-6-11(14)13-9-4-3-8(5-9)12(10)13/h4*8-13H,3-7H2,1-2H3. The molecular weight excluding hydrogens is 673 g/mol. The molecule has 0 nitrogen and oxygen atoms in total. The van der Waals surface area contributed by atoms with E-state index in [-0.39, 0.29) is 0 Å². The van der Waals surface area contributed by atoms with Crippen molar-refractivity contribution in [1.29, 1.82) is 0 Å². The molecule has 24 atom stereocenters. The Hall–Kier alpha value is 0. The molecule has 312 valence electrons. The Labute approximate surface area is 346 Å². The molecule has 0 aliphatic heterocycles. The van der Waals surface area contributed by atoms with Gasteiger partial charge in [-0.1, -0.05) is 55.4 Å². The quantitative estimate of drug-likeness (QED) is 0.216. The molecule has 0 spiro atoms. The van der Waals surface area contributed by atoms with Crippen molar-refractivity contribution in [2.75, 3.05) is 0 Å². The number of hydrogen-bond donors (Lipinski definition) is 0. The molecule has 0 aromatic heterocycles.